The molecule has 0 aliphatic heterocycles. The van der Waals surface area contributed by atoms with Gasteiger partial charge in [0.1, 0.15) is 5.75 Å². The first kappa shape index (κ1) is 15.2. The maximum Gasteiger partial charge on any atom is 0.244 e. The molecule has 104 valence electrons. The fourth-order valence-corrected chi connectivity index (χ4v) is 1.50. The molecule has 19 heavy (non-hydrogen) atoms. The summed E-state index contributed by atoms with van der Waals surface area (Å²) in [5.41, 5.74) is 0.817. The third-order valence-electron chi connectivity index (χ3n) is 2.42. The molecule has 0 bridgehead atoms. The Hall–Kier alpha value is -1.85. The molecule has 1 rings (SSSR count). The summed E-state index contributed by atoms with van der Waals surface area (Å²) in [7, 11) is 3.07. The topological polar surface area (TPSA) is 67.8 Å². The first-order chi connectivity index (χ1) is 9.17. The third kappa shape index (κ3) is 5.54. The molecular formula is C14H19NO4. The van der Waals surface area contributed by atoms with E-state index >= 15 is 0 Å². The van der Waals surface area contributed by atoms with Crippen molar-refractivity contribution in [2.75, 3.05) is 27.4 Å². The van der Waals surface area contributed by atoms with Crippen LogP contribution in [0.3, 0.4) is 0 Å². The molecule has 0 heterocycles. The molecular weight excluding hydrogens is 246 g/mol. The largest absolute Gasteiger partial charge is 0.496 e. The lowest BCUT2D eigenvalue weighted by molar-refractivity contribution is -0.117. The molecule has 1 atom stereocenters. The maximum atomic E-state index is 11.5. The third-order valence-corrected chi connectivity index (χ3v) is 2.42. The molecule has 0 radical (unpaired) electrons. The van der Waals surface area contributed by atoms with E-state index in [0.29, 0.717) is 5.75 Å². The van der Waals surface area contributed by atoms with Gasteiger partial charge >= 0.3 is 0 Å². The van der Waals surface area contributed by atoms with Gasteiger partial charge < -0.3 is 19.9 Å². The summed E-state index contributed by atoms with van der Waals surface area (Å²) >= 11 is 0. The number of hydrogen-bond donors (Lipinski definition) is 2. The molecule has 0 saturated carbocycles. The Morgan fingerprint density at radius 3 is 2.84 bits per heavy atom. The molecule has 1 amide bonds. The molecule has 5 nitrogen and oxygen atoms in total. The van der Waals surface area contributed by atoms with E-state index in [1.165, 1.54) is 13.2 Å². The normalized spacial score (nSPS) is 12.4. The van der Waals surface area contributed by atoms with Crippen LogP contribution in [-0.4, -0.2) is 44.5 Å². The van der Waals surface area contributed by atoms with Crippen molar-refractivity contribution in [1.82, 2.24) is 5.32 Å². The minimum absolute atomic E-state index is 0.156. The van der Waals surface area contributed by atoms with Crippen molar-refractivity contribution in [2.24, 2.45) is 0 Å². The molecule has 0 aliphatic rings. The Balaban J connectivity index is 2.49. The standard InChI is InChI=1S/C14H19NO4/c1-18-10-12(16)9-15-14(17)8-7-11-5-3-4-6-13(11)19-2/h3-8,12,16H,9-10H2,1-2H3,(H,15,17). The predicted molar refractivity (Wildman–Crippen MR) is 72.9 cm³/mol. The summed E-state index contributed by atoms with van der Waals surface area (Å²) in [4.78, 5) is 11.5. The second-order valence-electron chi connectivity index (χ2n) is 3.93. The molecule has 0 aliphatic carbocycles. The number of aliphatic hydroxyl groups is 1. The lowest BCUT2D eigenvalue weighted by atomic mass is 10.2. The van der Waals surface area contributed by atoms with Gasteiger partial charge in [-0.3, -0.25) is 4.79 Å². The number of ether oxygens (including phenoxy) is 2. The zero-order valence-electron chi connectivity index (χ0n) is 11.1. The smallest absolute Gasteiger partial charge is 0.244 e. The van der Waals surface area contributed by atoms with Crippen LogP contribution in [0.4, 0.5) is 0 Å². The second kappa shape index (κ2) is 8.29. The van der Waals surface area contributed by atoms with E-state index in [-0.39, 0.29) is 19.1 Å². The van der Waals surface area contributed by atoms with Crippen LogP contribution in [0, 0.1) is 0 Å². The summed E-state index contributed by atoms with van der Waals surface area (Å²) in [6.07, 6.45) is 2.36. The van der Waals surface area contributed by atoms with Crippen LogP contribution >= 0.6 is 0 Å². The fourth-order valence-electron chi connectivity index (χ4n) is 1.50. The van der Waals surface area contributed by atoms with Crippen LogP contribution in [-0.2, 0) is 9.53 Å². The molecule has 0 saturated heterocycles. The monoisotopic (exact) mass is 265 g/mol. The van der Waals surface area contributed by atoms with Crippen LogP contribution in [0.2, 0.25) is 0 Å². The van der Waals surface area contributed by atoms with Crippen molar-refractivity contribution in [1.29, 1.82) is 0 Å². The SMILES string of the molecule is COCC(O)CNC(=O)C=Cc1ccccc1OC. The summed E-state index contributed by atoms with van der Waals surface area (Å²) < 4.78 is 9.93. The Kier molecular flexibility index (Phi) is 6.63. The number of carbonyl (C=O) groups excluding carboxylic acids is 1. The highest BCUT2D eigenvalue weighted by Crippen LogP contribution is 2.18. The van der Waals surface area contributed by atoms with Gasteiger partial charge in [-0.1, -0.05) is 18.2 Å². The van der Waals surface area contributed by atoms with E-state index < -0.39 is 6.10 Å². The average molecular weight is 265 g/mol. The van der Waals surface area contributed by atoms with Crippen molar-refractivity contribution in [2.45, 2.75) is 6.10 Å². The highest BCUT2D eigenvalue weighted by Gasteiger charge is 2.04. The van der Waals surface area contributed by atoms with Gasteiger partial charge in [-0.15, -0.1) is 0 Å². The van der Waals surface area contributed by atoms with Gasteiger partial charge in [-0.05, 0) is 12.1 Å². The lowest BCUT2D eigenvalue weighted by Crippen LogP contribution is -2.33. The van der Waals surface area contributed by atoms with Crippen LogP contribution in [0.5, 0.6) is 5.75 Å². The number of amides is 1. The first-order valence-electron chi connectivity index (χ1n) is 5.93. The summed E-state index contributed by atoms with van der Waals surface area (Å²) in [6, 6.07) is 7.39. The van der Waals surface area contributed by atoms with Crippen molar-refractivity contribution in [3.8, 4) is 5.75 Å². The number of rotatable bonds is 7. The Bertz CT molecular complexity index is 431. The highest BCUT2D eigenvalue weighted by molar-refractivity contribution is 5.92. The van der Waals surface area contributed by atoms with Gasteiger partial charge in [0.05, 0.1) is 19.8 Å². The number of benzene rings is 1. The minimum atomic E-state index is -0.700. The molecule has 1 aromatic rings. The van der Waals surface area contributed by atoms with E-state index in [4.69, 9.17) is 9.47 Å². The fraction of sp³-hybridized carbons (Fsp3) is 0.357. The first-order valence-corrected chi connectivity index (χ1v) is 5.93. The van der Waals surface area contributed by atoms with Gasteiger partial charge in [0.15, 0.2) is 0 Å². The number of aliphatic hydroxyl groups excluding tert-OH is 1. The van der Waals surface area contributed by atoms with Crippen LogP contribution in [0.25, 0.3) is 6.08 Å². The van der Waals surface area contributed by atoms with Crippen molar-refractivity contribution in [3.05, 3.63) is 35.9 Å². The molecule has 1 unspecified atom stereocenters. The average Bonchev–Trinajstić information content (AvgIpc) is 2.43. The van der Waals surface area contributed by atoms with Gasteiger partial charge in [-0.25, -0.2) is 0 Å². The molecule has 5 heteroatoms. The number of carbonyl (C=O) groups is 1. The summed E-state index contributed by atoms with van der Waals surface area (Å²) in [5, 5.41) is 12.0. The van der Waals surface area contributed by atoms with Crippen molar-refractivity contribution < 1.29 is 19.4 Å². The molecule has 1 aromatic carbocycles. The predicted octanol–water partition coefficient (Wildman–Crippen LogP) is 0.832. The molecule has 2 N–H and O–H groups in total. The highest BCUT2D eigenvalue weighted by atomic mass is 16.5. The van der Waals surface area contributed by atoms with Gasteiger partial charge in [-0.2, -0.15) is 0 Å². The molecule has 0 aromatic heterocycles. The maximum absolute atomic E-state index is 11.5. The minimum Gasteiger partial charge on any atom is -0.496 e. The Morgan fingerprint density at radius 1 is 1.42 bits per heavy atom. The zero-order valence-corrected chi connectivity index (χ0v) is 11.1. The van der Waals surface area contributed by atoms with E-state index in [0.717, 1.165) is 5.56 Å². The van der Waals surface area contributed by atoms with E-state index in [1.807, 2.05) is 24.3 Å². The number of nitrogens with one attached hydrogen (secondary N) is 1. The Morgan fingerprint density at radius 2 is 2.16 bits per heavy atom. The van der Waals surface area contributed by atoms with E-state index in [1.54, 1.807) is 13.2 Å². The molecule has 0 spiro atoms. The summed E-state index contributed by atoms with van der Waals surface area (Å²) in [5.74, 6) is 0.423. The number of hydrogen-bond acceptors (Lipinski definition) is 4. The second-order valence-corrected chi connectivity index (χ2v) is 3.93. The van der Waals surface area contributed by atoms with Crippen molar-refractivity contribution >= 4 is 12.0 Å². The van der Waals surface area contributed by atoms with Crippen LogP contribution in [0.15, 0.2) is 30.3 Å². The van der Waals surface area contributed by atoms with Gasteiger partial charge in [0.25, 0.3) is 0 Å². The number of methoxy groups -OCH3 is 2. The van der Waals surface area contributed by atoms with Gasteiger partial charge in [0.2, 0.25) is 5.91 Å². The zero-order chi connectivity index (χ0) is 14.1. The van der Waals surface area contributed by atoms with E-state index in [2.05, 4.69) is 5.32 Å². The van der Waals surface area contributed by atoms with Gasteiger partial charge in [0, 0.05) is 25.3 Å². The summed E-state index contributed by atoms with van der Waals surface area (Å²) in [6.45, 7) is 0.347. The quantitative estimate of drug-likeness (QED) is 0.717. The van der Waals surface area contributed by atoms with Crippen molar-refractivity contribution in [3.63, 3.8) is 0 Å². The van der Waals surface area contributed by atoms with Crippen LogP contribution in [0.1, 0.15) is 5.56 Å². The van der Waals surface area contributed by atoms with Crippen LogP contribution < -0.4 is 10.1 Å². The molecule has 0 fully saturated rings. The van der Waals surface area contributed by atoms with E-state index in [9.17, 15) is 9.90 Å². The Labute approximate surface area is 112 Å². The lowest BCUT2D eigenvalue weighted by Gasteiger charge is -2.09. The number of para-hydroxylation sites is 1.